The Kier molecular flexibility index (Phi) is 3.83. The number of ether oxygens (including phenoxy) is 1. The summed E-state index contributed by atoms with van der Waals surface area (Å²) in [5, 5.41) is 0. The highest BCUT2D eigenvalue weighted by molar-refractivity contribution is 9.10. The van der Waals surface area contributed by atoms with Crippen molar-refractivity contribution in [3.05, 3.63) is 77.2 Å². The molecule has 0 amide bonds. The Morgan fingerprint density at radius 2 is 1.75 bits per heavy atom. The molecule has 0 unspecified atom stereocenters. The fourth-order valence-electron chi connectivity index (χ4n) is 1.92. The molecule has 4 heteroatoms. The average molecular weight is 329 g/mol. The Bertz CT molecular complexity index is 677. The van der Waals surface area contributed by atoms with E-state index in [1.54, 1.807) is 12.5 Å². The van der Waals surface area contributed by atoms with Crippen molar-refractivity contribution < 1.29 is 4.74 Å². The highest BCUT2D eigenvalue weighted by Gasteiger charge is 2.05. The van der Waals surface area contributed by atoms with Gasteiger partial charge in [-0.25, -0.2) is 4.98 Å². The summed E-state index contributed by atoms with van der Waals surface area (Å²) in [5.41, 5.74) is 1.21. The van der Waals surface area contributed by atoms with Crippen LogP contribution in [0.1, 0.15) is 5.56 Å². The van der Waals surface area contributed by atoms with E-state index in [0.717, 1.165) is 22.6 Å². The van der Waals surface area contributed by atoms with Gasteiger partial charge in [-0.05, 0) is 29.8 Å². The van der Waals surface area contributed by atoms with E-state index in [-0.39, 0.29) is 0 Å². The zero-order valence-electron chi connectivity index (χ0n) is 10.7. The van der Waals surface area contributed by atoms with Crippen LogP contribution in [-0.2, 0) is 6.54 Å². The van der Waals surface area contributed by atoms with Gasteiger partial charge < -0.3 is 4.74 Å². The first-order chi connectivity index (χ1) is 9.81. The van der Waals surface area contributed by atoms with Gasteiger partial charge in [0, 0.05) is 4.47 Å². The van der Waals surface area contributed by atoms with Crippen molar-refractivity contribution in [3.63, 3.8) is 0 Å². The van der Waals surface area contributed by atoms with Crippen LogP contribution in [0.2, 0.25) is 0 Å². The van der Waals surface area contributed by atoms with E-state index in [4.69, 9.17) is 4.74 Å². The minimum absolute atomic E-state index is 0.733. The van der Waals surface area contributed by atoms with Crippen LogP contribution in [-0.4, -0.2) is 9.55 Å². The summed E-state index contributed by atoms with van der Waals surface area (Å²) < 4.78 is 8.87. The van der Waals surface area contributed by atoms with Gasteiger partial charge in [0.15, 0.2) is 0 Å². The van der Waals surface area contributed by atoms with Gasteiger partial charge in [0.2, 0.25) is 5.88 Å². The second kappa shape index (κ2) is 5.92. The summed E-state index contributed by atoms with van der Waals surface area (Å²) >= 11 is 3.41. The van der Waals surface area contributed by atoms with Gasteiger partial charge in [-0.2, -0.15) is 0 Å². The fourth-order valence-corrected chi connectivity index (χ4v) is 2.18. The molecule has 1 aromatic heterocycles. The normalized spacial score (nSPS) is 10.4. The van der Waals surface area contributed by atoms with Crippen LogP contribution < -0.4 is 4.74 Å². The van der Waals surface area contributed by atoms with E-state index >= 15 is 0 Å². The molecular formula is C16H13BrN2O. The lowest BCUT2D eigenvalue weighted by atomic mass is 10.2. The Labute approximate surface area is 126 Å². The zero-order chi connectivity index (χ0) is 13.8. The first-order valence-electron chi connectivity index (χ1n) is 6.29. The number of nitrogens with zero attached hydrogens (tertiary/aromatic N) is 2. The van der Waals surface area contributed by atoms with Gasteiger partial charge in [0.1, 0.15) is 5.75 Å². The SMILES string of the molecule is Brc1ccc(Oc2cncn2Cc2ccccc2)cc1. The number of hydrogen-bond donors (Lipinski definition) is 0. The Balaban J connectivity index is 1.78. The topological polar surface area (TPSA) is 27.1 Å². The molecule has 0 aliphatic heterocycles. The molecule has 1 heterocycles. The maximum Gasteiger partial charge on any atom is 0.219 e. The molecule has 0 spiro atoms. The average Bonchev–Trinajstić information content (AvgIpc) is 2.90. The number of halogens is 1. The molecule has 0 bridgehead atoms. The quantitative estimate of drug-likeness (QED) is 0.705. The van der Waals surface area contributed by atoms with E-state index in [1.165, 1.54) is 5.56 Å². The Morgan fingerprint density at radius 3 is 2.50 bits per heavy atom. The van der Waals surface area contributed by atoms with E-state index in [9.17, 15) is 0 Å². The summed E-state index contributed by atoms with van der Waals surface area (Å²) in [4.78, 5) is 4.16. The largest absolute Gasteiger partial charge is 0.439 e. The van der Waals surface area contributed by atoms with Gasteiger partial charge in [-0.15, -0.1) is 0 Å². The third-order valence-electron chi connectivity index (χ3n) is 2.91. The first kappa shape index (κ1) is 12.9. The standard InChI is InChI=1S/C16H13BrN2O/c17-14-6-8-15(9-7-14)20-16-10-18-12-19(16)11-13-4-2-1-3-5-13/h1-10,12H,11H2. The minimum atomic E-state index is 0.733. The number of hydrogen-bond acceptors (Lipinski definition) is 2. The van der Waals surface area contributed by atoms with Crippen LogP contribution in [0.4, 0.5) is 0 Å². The number of benzene rings is 2. The molecule has 0 fully saturated rings. The van der Waals surface area contributed by atoms with Crippen molar-refractivity contribution in [1.29, 1.82) is 0 Å². The maximum atomic E-state index is 5.86. The zero-order valence-corrected chi connectivity index (χ0v) is 12.3. The molecule has 0 atom stereocenters. The predicted molar refractivity (Wildman–Crippen MR) is 82.0 cm³/mol. The maximum absolute atomic E-state index is 5.86. The smallest absolute Gasteiger partial charge is 0.219 e. The molecule has 3 rings (SSSR count). The molecule has 0 saturated carbocycles. The summed E-state index contributed by atoms with van der Waals surface area (Å²) in [6, 6.07) is 18.0. The molecule has 0 radical (unpaired) electrons. The van der Waals surface area contributed by atoms with Crippen LogP contribution in [0.15, 0.2) is 71.6 Å². The lowest BCUT2D eigenvalue weighted by Crippen LogP contribution is -2.00. The summed E-state index contributed by atoms with van der Waals surface area (Å²) in [6.07, 6.45) is 3.51. The number of imidazole rings is 1. The van der Waals surface area contributed by atoms with E-state index < -0.39 is 0 Å². The lowest BCUT2D eigenvalue weighted by molar-refractivity contribution is 0.436. The molecule has 100 valence electrons. The van der Waals surface area contributed by atoms with Gasteiger partial charge in [0.25, 0.3) is 0 Å². The van der Waals surface area contributed by atoms with E-state index in [2.05, 4.69) is 33.0 Å². The highest BCUT2D eigenvalue weighted by atomic mass is 79.9. The molecule has 0 N–H and O–H groups in total. The van der Waals surface area contributed by atoms with Crippen LogP contribution in [0, 0.1) is 0 Å². The minimum Gasteiger partial charge on any atom is -0.439 e. The lowest BCUT2D eigenvalue weighted by Gasteiger charge is -2.09. The van der Waals surface area contributed by atoms with Crippen molar-refractivity contribution in [2.24, 2.45) is 0 Å². The molecule has 2 aromatic carbocycles. The van der Waals surface area contributed by atoms with Crippen LogP contribution >= 0.6 is 15.9 Å². The van der Waals surface area contributed by atoms with Crippen molar-refractivity contribution >= 4 is 15.9 Å². The summed E-state index contributed by atoms with van der Waals surface area (Å²) in [6.45, 7) is 0.743. The molecule has 0 aliphatic rings. The molecule has 20 heavy (non-hydrogen) atoms. The molecule has 3 aromatic rings. The molecule has 3 nitrogen and oxygen atoms in total. The van der Waals surface area contributed by atoms with Crippen LogP contribution in [0.25, 0.3) is 0 Å². The van der Waals surface area contributed by atoms with Gasteiger partial charge in [-0.3, -0.25) is 4.57 Å². The van der Waals surface area contributed by atoms with Crippen molar-refractivity contribution in [2.45, 2.75) is 6.54 Å². The second-order valence-electron chi connectivity index (χ2n) is 4.40. The Hall–Kier alpha value is -2.07. The second-order valence-corrected chi connectivity index (χ2v) is 5.32. The van der Waals surface area contributed by atoms with Gasteiger partial charge >= 0.3 is 0 Å². The van der Waals surface area contributed by atoms with Crippen molar-refractivity contribution in [1.82, 2.24) is 9.55 Å². The predicted octanol–water partition coefficient (Wildman–Crippen LogP) is 4.49. The third-order valence-corrected chi connectivity index (χ3v) is 3.43. The summed E-state index contributed by atoms with van der Waals surface area (Å²) in [7, 11) is 0. The van der Waals surface area contributed by atoms with Crippen molar-refractivity contribution in [3.8, 4) is 11.6 Å². The Morgan fingerprint density at radius 1 is 1.00 bits per heavy atom. The fraction of sp³-hybridized carbons (Fsp3) is 0.0625. The number of rotatable bonds is 4. The first-order valence-corrected chi connectivity index (χ1v) is 7.08. The van der Waals surface area contributed by atoms with Gasteiger partial charge in [-0.1, -0.05) is 46.3 Å². The van der Waals surface area contributed by atoms with E-state index in [0.29, 0.717) is 0 Å². The molecule has 0 saturated heterocycles. The van der Waals surface area contributed by atoms with Crippen molar-refractivity contribution in [2.75, 3.05) is 0 Å². The third kappa shape index (κ3) is 3.08. The molecule has 0 aliphatic carbocycles. The van der Waals surface area contributed by atoms with Crippen LogP contribution in [0.5, 0.6) is 11.6 Å². The van der Waals surface area contributed by atoms with E-state index in [1.807, 2.05) is 47.0 Å². The monoisotopic (exact) mass is 328 g/mol. The van der Waals surface area contributed by atoms with Gasteiger partial charge in [0.05, 0.1) is 19.1 Å². The van der Waals surface area contributed by atoms with Crippen LogP contribution in [0.3, 0.4) is 0 Å². The highest BCUT2D eigenvalue weighted by Crippen LogP contribution is 2.23. The number of aromatic nitrogens is 2. The molecular weight excluding hydrogens is 316 g/mol. The summed E-state index contributed by atoms with van der Waals surface area (Å²) in [5.74, 6) is 1.53.